The van der Waals surface area contributed by atoms with Gasteiger partial charge in [-0.05, 0) is 67.8 Å². The van der Waals surface area contributed by atoms with Gasteiger partial charge in [0.1, 0.15) is 11.4 Å². The van der Waals surface area contributed by atoms with Crippen LogP contribution in [0.15, 0.2) is 54.7 Å². The Hall–Kier alpha value is -3.67. The lowest BCUT2D eigenvalue weighted by atomic mass is 10.1. The summed E-state index contributed by atoms with van der Waals surface area (Å²) in [7, 11) is 1.54. The molecule has 148 valence electrons. The SMILES string of the molecule is COc1ccc(C)cc1NC(=O)c1cc(C(=O)Nc2cc(C)ccc2C)ccn1. The highest BCUT2D eigenvalue weighted by atomic mass is 16.5. The van der Waals surface area contributed by atoms with Gasteiger partial charge in [-0.3, -0.25) is 14.6 Å². The largest absolute Gasteiger partial charge is 0.495 e. The van der Waals surface area contributed by atoms with Crippen LogP contribution in [-0.4, -0.2) is 23.9 Å². The van der Waals surface area contributed by atoms with Gasteiger partial charge < -0.3 is 15.4 Å². The maximum atomic E-state index is 12.7. The third kappa shape index (κ3) is 4.79. The number of anilines is 2. The molecular weight excluding hydrogens is 366 g/mol. The standard InChI is InChI=1S/C23H23N3O3/c1-14-5-7-16(3)18(11-14)25-22(27)17-9-10-24-20(13-17)23(28)26-19-12-15(2)6-8-21(19)29-4/h5-13H,1-4H3,(H,25,27)(H,26,28). The Morgan fingerprint density at radius 1 is 0.828 bits per heavy atom. The fourth-order valence-corrected chi connectivity index (χ4v) is 2.87. The number of ether oxygens (including phenoxy) is 1. The normalized spacial score (nSPS) is 10.3. The zero-order valence-corrected chi connectivity index (χ0v) is 16.9. The van der Waals surface area contributed by atoms with Crippen LogP contribution in [0.25, 0.3) is 0 Å². The first kappa shape index (κ1) is 20.1. The molecule has 0 bridgehead atoms. The van der Waals surface area contributed by atoms with Crippen LogP contribution in [-0.2, 0) is 0 Å². The molecule has 0 fully saturated rings. The number of amides is 2. The molecule has 0 aliphatic heterocycles. The first-order chi connectivity index (χ1) is 13.9. The summed E-state index contributed by atoms with van der Waals surface area (Å²) in [4.78, 5) is 29.4. The van der Waals surface area contributed by atoms with E-state index < -0.39 is 5.91 Å². The van der Waals surface area contributed by atoms with Gasteiger partial charge in [0.25, 0.3) is 11.8 Å². The number of carbonyl (C=O) groups excluding carboxylic acids is 2. The van der Waals surface area contributed by atoms with E-state index in [0.717, 1.165) is 22.4 Å². The second-order valence-electron chi connectivity index (χ2n) is 6.86. The quantitative estimate of drug-likeness (QED) is 0.672. The van der Waals surface area contributed by atoms with Gasteiger partial charge in [-0.1, -0.05) is 18.2 Å². The summed E-state index contributed by atoms with van der Waals surface area (Å²) in [6, 6.07) is 14.4. The fourth-order valence-electron chi connectivity index (χ4n) is 2.87. The molecule has 0 spiro atoms. The number of rotatable bonds is 5. The van der Waals surface area contributed by atoms with E-state index >= 15 is 0 Å². The molecule has 0 radical (unpaired) electrons. The van der Waals surface area contributed by atoms with Crippen LogP contribution in [0.5, 0.6) is 5.75 Å². The predicted octanol–water partition coefficient (Wildman–Crippen LogP) is 4.52. The number of benzene rings is 2. The van der Waals surface area contributed by atoms with Gasteiger partial charge in [0.2, 0.25) is 0 Å². The van der Waals surface area contributed by atoms with E-state index in [0.29, 0.717) is 17.0 Å². The average Bonchev–Trinajstić information content (AvgIpc) is 2.71. The molecule has 1 heterocycles. The number of hydrogen-bond donors (Lipinski definition) is 2. The number of aryl methyl sites for hydroxylation is 3. The number of hydrogen-bond acceptors (Lipinski definition) is 4. The molecule has 3 rings (SSSR count). The van der Waals surface area contributed by atoms with E-state index in [4.69, 9.17) is 4.74 Å². The smallest absolute Gasteiger partial charge is 0.274 e. The van der Waals surface area contributed by atoms with E-state index in [1.807, 2.05) is 51.1 Å². The molecule has 2 amide bonds. The minimum absolute atomic E-state index is 0.141. The lowest BCUT2D eigenvalue weighted by Gasteiger charge is -2.12. The minimum atomic E-state index is -0.421. The predicted molar refractivity (Wildman–Crippen MR) is 114 cm³/mol. The molecule has 0 unspecified atom stereocenters. The van der Waals surface area contributed by atoms with Gasteiger partial charge in [-0.2, -0.15) is 0 Å². The Labute approximate surface area is 169 Å². The number of aromatic nitrogens is 1. The van der Waals surface area contributed by atoms with Crippen molar-refractivity contribution in [2.75, 3.05) is 17.7 Å². The van der Waals surface area contributed by atoms with Crippen LogP contribution in [0.4, 0.5) is 11.4 Å². The van der Waals surface area contributed by atoms with Gasteiger partial charge in [0.15, 0.2) is 0 Å². The first-order valence-electron chi connectivity index (χ1n) is 9.18. The average molecular weight is 389 g/mol. The molecule has 6 nitrogen and oxygen atoms in total. The highest BCUT2D eigenvalue weighted by Gasteiger charge is 2.15. The second-order valence-corrected chi connectivity index (χ2v) is 6.86. The zero-order valence-electron chi connectivity index (χ0n) is 16.9. The Balaban J connectivity index is 1.80. The molecule has 3 aromatic rings. The summed E-state index contributed by atoms with van der Waals surface area (Å²) in [5.41, 5.74) is 4.77. The molecule has 2 N–H and O–H groups in total. The van der Waals surface area contributed by atoms with Crippen molar-refractivity contribution in [1.29, 1.82) is 0 Å². The van der Waals surface area contributed by atoms with E-state index in [9.17, 15) is 9.59 Å². The summed E-state index contributed by atoms with van der Waals surface area (Å²) < 4.78 is 5.29. The van der Waals surface area contributed by atoms with Crippen molar-refractivity contribution >= 4 is 23.2 Å². The van der Waals surface area contributed by atoms with Crippen molar-refractivity contribution in [2.45, 2.75) is 20.8 Å². The zero-order chi connectivity index (χ0) is 21.0. The number of nitrogens with one attached hydrogen (secondary N) is 2. The maximum absolute atomic E-state index is 12.7. The third-order valence-corrected chi connectivity index (χ3v) is 4.50. The Bertz CT molecular complexity index is 1080. The van der Waals surface area contributed by atoms with Gasteiger partial charge in [-0.15, -0.1) is 0 Å². The third-order valence-electron chi connectivity index (χ3n) is 4.50. The molecule has 6 heteroatoms. The number of nitrogens with zero attached hydrogens (tertiary/aromatic N) is 1. The summed E-state index contributed by atoms with van der Waals surface area (Å²) in [6.45, 7) is 5.81. The van der Waals surface area contributed by atoms with Crippen molar-refractivity contribution in [3.8, 4) is 5.75 Å². The van der Waals surface area contributed by atoms with Gasteiger partial charge in [0.05, 0.1) is 12.8 Å². The molecule has 2 aromatic carbocycles. The van der Waals surface area contributed by atoms with Crippen LogP contribution >= 0.6 is 0 Å². The summed E-state index contributed by atoms with van der Waals surface area (Å²) in [6.07, 6.45) is 1.44. The maximum Gasteiger partial charge on any atom is 0.274 e. The molecule has 0 saturated carbocycles. The highest BCUT2D eigenvalue weighted by Crippen LogP contribution is 2.25. The molecule has 29 heavy (non-hydrogen) atoms. The van der Waals surface area contributed by atoms with Crippen molar-refractivity contribution in [1.82, 2.24) is 4.98 Å². The van der Waals surface area contributed by atoms with Crippen LogP contribution in [0.2, 0.25) is 0 Å². The number of methoxy groups -OCH3 is 1. The lowest BCUT2D eigenvalue weighted by Crippen LogP contribution is -2.17. The Kier molecular flexibility index (Phi) is 5.93. The lowest BCUT2D eigenvalue weighted by molar-refractivity contribution is 0.102. The van der Waals surface area contributed by atoms with Crippen LogP contribution in [0.1, 0.15) is 37.5 Å². The van der Waals surface area contributed by atoms with Crippen molar-refractivity contribution < 1.29 is 14.3 Å². The van der Waals surface area contributed by atoms with Crippen LogP contribution in [0, 0.1) is 20.8 Å². The summed E-state index contributed by atoms with van der Waals surface area (Å²) in [5.74, 6) is -0.175. The van der Waals surface area contributed by atoms with Gasteiger partial charge in [0, 0.05) is 17.4 Å². The monoisotopic (exact) mass is 389 g/mol. The van der Waals surface area contributed by atoms with Crippen molar-refractivity contribution in [3.63, 3.8) is 0 Å². The molecule has 0 aliphatic rings. The molecule has 1 aromatic heterocycles. The Morgan fingerprint density at radius 2 is 1.48 bits per heavy atom. The summed E-state index contributed by atoms with van der Waals surface area (Å²) >= 11 is 0. The molecule has 0 aliphatic carbocycles. The second kappa shape index (κ2) is 8.56. The van der Waals surface area contributed by atoms with E-state index in [2.05, 4.69) is 15.6 Å². The van der Waals surface area contributed by atoms with E-state index in [-0.39, 0.29) is 11.6 Å². The van der Waals surface area contributed by atoms with Crippen LogP contribution in [0.3, 0.4) is 0 Å². The minimum Gasteiger partial charge on any atom is -0.495 e. The number of carbonyl (C=O) groups is 2. The topological polar surface area (TPSA) is 80.3 Å². The number of pyridine rings is 1. The highest BCUT2D eigenvalue weighted by molar-refractivity contribution is 6.08. The van der Waals surface area contributed by atoms with Crippen LogP contribution < -0.4 is 15.4 Å². The fraction of sp³-hybridized carbons (Fsp3) is 0.174. The summed E-state index contributed by atoms with van der Waals surface area (Å²) in [5, 5.41) is 5.68. The molecule has 0 atom stereocenters. The van der Waals surface area contributed by atoms with E-state index in [1.165, 1.54) is 19.4 Å². The molecule has 0 saturated heterocycles. The molecular formula is C23H23N3O3. The van der Waals surface area contributed by atoms with Gasteiger partial charge in [-0.25, -0.2) is 0 Å². The van der Waals surface area contributed by atoms with E-state index in [1.54, 1.807) is 12.1 Å². The first-order valence-corrected chi connectivity index (χ1v) is 9.18. The van der Waals surface area contributed by atoms with Crippen molar-refractivity contribution in [3.05, 3.63) is 82.7 Å². The Morgan fingerprint density at radius 3 is 2.21 bits per heavy atom. The van der Waals surface area contributed by atoms with Gasteiger partial charge >= 0.3 is 0 Å². The van der Waals surface area contributed by atoms with Crippen molar-refractivity contribution in [2.24, 2.45) is 0 Å².